The van der Waals surface area contributed by atoms with E-state index in [4.69, 9.17) is 5.11 Å². The van der Waals surface area contributed by atoms with Crippen molar-refractivity contribution >= 4 is 12.0 Å². The summed E-state index contributed by atoms with van der Waals surface area (Å²) in [6.45, 7) is 1.34. The highest BCUT2D eigenvalue weighted by Gasteiger charge is 2.26. The van der Waals surface area contributed by atoms with Gasteiger partial charge in [-0.15, -0.1) is 0 Å². The number of hydrogen-bond acceptors (Lipinski definition) is 2. The van der Waals surface area contributed by atoms with Crippen molar-refractivity contribution in [3.63, 3.8) is 0 Å². The Bertz CT molecular complexity index is 521. The Kier molecular flexibility index (Phi) is 5.14. The maximum absolute atomic E-state index is 13.4. The first kappa shape index (κ1) is 15.3. The van der Waals surface area contributed by atoms with Gasteiger partial charge in [-0.3, -0.25) is 4.79 Å². The van der Waals surface area contributed by atoms with Gasteiger partial charge in [-0.05, 0) is 24.8 Å². The Labute approximate surface area is 122 Å². The summed E-state index contributed by atoms with van der Waals surface area (Å²) in [6, 6.07) is 6.10. The van der Waals surface area contributed by atoms with Gasteiger partial charge in [0.15, 0.2) is 0 Å². The Hall–Kier alpha value is -2.11. The molecule has 1 aliphatic heterocycles. The van der Waals surface area contributed by atoms with Crippen molar-refractivity contribution in [1.29, 1.82) is 0 Å². The summed E-state index contributed by atoms with van der Waals surface area (Å²) < 4.78 is 13.4. The standard InChI is InChI=1S/C15H19FN2O3/c16-13-4-2-1-3-12(13)9-17-15(21)18-8-7-11(10-18)5-6-14(19)20/h1-4,11H,5-10H2,(H,17,21)(H,19,20). The van der Waals surface area contributed by atoms with Crippen LogP contribution in [0.25, 0.3) is 0 Å². The molecule has 1 aromatic rings. The summed E-state index contributed by atoms with van der Waals surface area (Å²) in [5, 5.41) is 11.4. The molecule has 0 aliphatic carbocycles. The number of likely N-dealkylation sites (tertiary alicyclic amines) is 1. The molecule has 6 heteroatoms. The summed E-state index contributed by atoms with van der Waals surface area (Å²) in [5.41, 5.74) is 0.451. The summed E-state index contributed by atoms with van der Waals surface area (Å²) in [7, 11) is 0. The normalized spacial score (nSPS) is 17.8. The van der Waals surface area contributed by atoms with Crippen molar-refractivity contribution in [3.05, 3.63) is 35.6 Å². The second-order valence-corrected chi connectivity index (χ2v) is 5.28. The molecule has 1 unspecified atom stereocenters. The quantitative estimate of drug-likeness (QED) is 0.875. The third-order valence-corrected chi connectivity index (χ3v) is 3.73. The monoisotopic (exact) mass is 294 g/mol. The molecule has 2 rings (SSSR count). The van der Waals surface area contributed by atoms with Crippen LogP contribution in [0.4, 0.5) is 9.18 Å². The topological polar surface area (TPSA) is 69.6 Å². The number of carbonyl (C=O) groups excluding carboxylic acids is 1. The number of hydrogen-bond donors (Lipinski definition) is 2. The number of benzene rings is 1. The zero-order chi connectivity index (χ0) is 15.2. The van der Waals surface area contributed by atoms with Crippen molar-refractivity contribution in [3.8, 4) is 0 Å². The molecule has 2 N–H and O–H groups in total. The highest BCUT2D eigenvalue weighted by Crippen LogP contribution is 2.21. The molecule has 1 fully saturated rings. The van der Waals surface area contributed by atoms with Crippen LogP contribution in [0, 0.1) is 11.7 Å². The third kappa shape index (κ3) is 4.44. The second-order valence-electron chi connectivity index (χ2n) is 5.28. The smallest absolute Gasteiger partial charge is 0.317 e. The number of amides is 2. The number of halogens is 1. The molecule has 0 saturated carbocycles. The molecule has 0 bridgehead atoms. The minimum absolute atomic E-state index is 0.134. The van der Waals surface area contributed by atoms with Gasteiger partial charge in [-0.1, -0.05) is 18.2 Å². The van der Waals surface area contributed by atoms with E-state index in [0.29, 0.717) is 25.1 Å². The van der Waals surface area contributed by atoms with Crippen LogP contribution in [0.1, 0.15) is 24.8 Å². The average molecular weight is 294 g/mol. The van der Waals surface area contributed by atoms with Crippen molar-refractivity contribution < 1.29 is 19.1 Å². The predicted octanol–water partition coefficient (Wildman–Crippen LogP) is 2.22. The zero-order valence-electron chi connectivity index (χ0n) is 11.7. The van der Waals surface area contributed by atoms with Crippen LogP contribution in [0.5, 0.6) is 0 Å². The predicted molar refractivity (Wildman–Crippen MR) is 75.2 cm³/mol. The molecule has 21 heavy (non-hydrogen) atoms. The molecular formula is C15H19FN2O3. The molecule has 0 radical (unpaired) electrons. The Morgan fingerprint density at radius 3 is 2.86 bits per heavy atom. The molecular weight excluding hydrogens is 275 g/mol. The van der Waals surface area contributed by atoms with Crippen molar-refractivity contribution in [2.45, 2.75) is 25.8 Å². The SMILES string of the molecule is O=C(O)CCC1CCN(C(=O)NCc2ccccc2F)C1. The van der Waals surface area contributed by atoms with E-state index in [1.54, 1.807) is 23.1 Å². The average Bonchev–Trinajstić information content (AvgIpc) is 2.93. The van der Waals surface area contributed by atoms with Gasteiger partial charge < -0.3 is 15.3 Å². The maximum atomic E-state index is 13.4. The van der Waals surface area contributed by atoms with Crippen LogP contribution in [-0.2, 0) is 11.3 Å². The molecule has 2 amide bonds. The Morgan fingerprint density at radius 1 is 1.38 bits per heavy atom. The number of nitrogens with zero attached hydrogens (tertiary/aromatic N) is 1. The number of carbonyl (C=O) groups is 2. The number of carboxylic acid groups (broad SMARTS) is 1. The molecule has 1 aliphatic rings. The molecule has 1 saturated heterocycles. The first-order valence-corrected chi connectivity index (χ1v) is 7.04. The van der Waals surface area contributed by atoms with E-state index in [1.807, 2.05) is 0 Å². The van der Waals surface area contributed by atoms with Gasteiger partial charge >= 0.3 is 12.0 Å². The van der Waals surface area contributed by atoms with E-state index in [-0.39, 0.29) is 30.7 Å². The summed E-state index contributed by atoms with van der Waals surface area (Å²) in [4.78, 5) is 24.2. The lowest BCUT2D eigenvalue weighted by molar-refractivity contribution is -0.137. The summed E-state index contributed by atoms with van der Waals surface area (Å²) >= 11 is 0. The Morgan fingerprint density at radius 2 is 2.14 bits per heavy atom. The van der Waals surface area contributed by atoms with Crippen LogP contribution in [0.2, 0.25) is 0 Å². The number of aliphatic carboxylic acids is 1. The summed E-state index contributed by atoms with van der Waals surface area (Å²) in [5.74, 6) is -0.906. The Balaban J connectivity index is 1.77. The van der Waals surface area contributed by atoms with Crippen LogP contribution in [0.3, 0.4) is 0 Å². The van der Waals surface area contributed by atoms with E-state index in [1.165, 1.54) is 6.07 Å². The molecule has 0 aromatic heterocycles. The van der Waals surface area contributed by atoms with Gasteiger partial charge in [-0.2, -0.15) is 0 Å². The molecule has 1 aromatic carbocycles. The van der Waals surface area contributed by atoms with Crippen molar-refractivity contribution in [2.24, 2.45) is 5.92 Å². The van der Waals surface area contributed by atoms with Gasteiger partial charge in [0.2, 0.25) is 0 Å². The number of nitrogens with one attached hydrogen (secondary N) is 1. The fraction of sp³-hybridized carbons (Fsp3) is 0.467. The lowest BCUT2D eigenvalue weighted by atomic mass is 10.0. The summed E-state index contributed by atoms with van der Waals surface area (Å²) in [6.07, 6.45) is 1.54. The highest BCUT2D eigenvalue weighted by atomic mass is 19.1. The van der Waals surface area contributed by atoms with E-state index in [2.05, 4.69) is 5.32 Å². The molecule has 1 atom stereocenters. The van der Waals surface area contributed by atoms with Gasteiger partial charge in [0.1, 0.15) is 5.82 Å². The zero-order valence-corrected chi connectivity index (χ0v) is 11.7. The van der Waals surface area contributed by atoms with Crippen LogP contribution < -0.4 is 5.32 Å². The van der Waals surface area contributed by atoms with E-state index in [9.17, 15) is 14.0 Å². The number of urea groups is 1. The minimum atomic E-state index is -0.808. The van der Waals surface area contributed by atoms with Gasteiger partial charge in [0, 0.05) is 31.6 Å². The van der Waals surface area contributed by atoms with E-state index >= 15 is 0 Å². The number of rotatable bonds is 5. The van der Waals surface area contributed by atoms with E-state index < -0.39 is 5.97 Å². The third-order valence-electron chi connectivity index (χ3n) is 3.73. The first-order valence-electron chi connectivity index (χ1n) is 7.04. The fourth-order valence-electron chi connectivity index (χ4n) is 2.50. The number of carboxylic acids is 1. The molecule has 5 nitrogen and oxygen atoms in total. The highest BCUT2D eigenvalue weighted by molar-refractivity contribution is 5.74. The molecule has 114 valence electrons. The van der Waals surface area contributed by atoms with Crippen molar-refractivity contribution in [2.75, 3.05) is 13.1 Å². The van der Waals surface area contributed by atoms with Gasteiger partial charge in [-0.25, -0.2) is 9.18 Å². The van der Waals surface area contributed by atoms with Crippen LogP contribution in [0.15, 0.2) is 24.3 Å². The lowest BCUT2D eigenvalue weighted by Crippen LogP contribution is -2.38. The van der Waals surface area contributed by atoms with Crippen LogP contribution in [-0.4, -0.2) is 35.1 Å². The van der Waals surface area contributed by atoms with Gasteiger partial charge in [0.05, 0.1) is 0 Å². The molecule has 0 spiro atoms. The van der Waals surface area contributed by atoms with E-state index in [0.717, 1.165) is 6.42 Å². The lowest BCUT2D eigenvalue weighted by Gasteiger charge is -2.17. The van der Waals surface area contributed by atoms with Crippen LogP contribution >= 0.6 is 0 Å². The first-order chi connectivity index (χ1) is 10.1. The molecule has 1 heterocycles. The minimum Gasteiger partial charge on any atom is -0.481 e. The largest absolute Gasteiger partial charge is 0.481 e. The second kappa shape index (κ2) is 7.06. The van der Waals surface area contributed by atoms with Gasteiger partial charge in [0.25, 0.3) is 0 Å². The van der Waals surface area contributed by atoms with Crippen molar-refractivity contribution in [1.82, 2.24) is 10.2 Å². The fourth-order valence-corrected chi connectivity index (χ4v) is 2.50. The maximum Gasteiger partial charge on any atom is 0.317 e.